The van der Waals surface area contributed by atoms with E-state index in [-0.39, 0.29) is 23.8 Å². The van der Waals surface area contributed by atoms with Gasteiger partial charge >= 0.3 is 5.97 Å². The lowest BCUT2D eigenvalue weighted by molar-refractivity contribution is -0.139. The lowest BCUT2D eigenvalue weighted by Gasteiger charge is -2.24. The number of rotatable bonds is 8. The van der Waals surface area contributed by atoms with Crippen molar-refractivity contribution in [1.29, 1.82) is 5.26 Å². The fraction of sp³-hybridized carbons (Fsp3) is 0.188. The maximum absolute atomic E-state index is 13.9. The molecule has 11 heteroatoms. The molecule has 0 radical (unpaired) electrons. The van der Waals surface area contributed by atoms with Gasteiger partial charge in [0.25, 0.3) is 5.56 Å². The molecule has 0 saturated carbocycles. The zero-order valence-electron chi connectivity index (χ0n) is 23.4. The Morgan fingerprint density at radius 1 is 1.21 bits per heavy atom. The molecular weight excluding hydrogens is 654 g/mol. The first-order valence-corrected chi connectivity index (χ1v) is 15.2. The number of hydrogen-bond acceptors (Lipinski definition) is 8. The third-order valence-corrected chi connectivity index (χ3v) is 8.55. The summed E-state index contributed by atoms with van der Waals surface area (Å²) in [5.74, 6) is 0.171. The lowest BCUT2D eigenvalue weighted by Crippen LogP contribution is -2.39. The summed E-state index contributed by atoms with van der Waals surface area (Å²) in [6.07, 6.45) is 1.70. The third-order valence-electron chi connectivity index (χ3n) is 6.76. The predicted molar refractivity (Wildman–Crippen MR) is 168 cm³/mol. The van der Waals surface area contributed by atoms with Crippen LogP contribution in [-0.4, -0.2) is 24.3 Å². The smallest absolute Gasteiger partial charge is 0.338 e. The van der Waals surface area contributed by atoms with Gasteiger partial charge in [0.1, 0.15) is 6.61 Å². The highest BCUT2D eigenvalue weighted by atomic mass is 79.9. The number of fused-ring (bicyclic) bond motifs is 1. The Morgan fingerprint density at radius 2 is 1.95 bits per heavy atom. The molecule has 1 aromatic heterocycles. The molecule has 218 valence electrons. The summed E-state index contributed by atoms with van der Waals surface area (Å²) in [7, 11) is 1.50. The molecule has 2 heterocycles. The molecule has 8 nitrogen and oxygen atoms in total. The van der Waals surface area contributed by atoms with Crippen molar-refractivity contribution in [3.63, 3.8) is 0 Å². The Kier molecular flexibility index (Phi) is 9.16. The van der Waals surface area contributed by atoms with E-state index in [9.17, 15) is 14.9 Å². The SMILES string of the molecule is CCOC(=O)C1=C(C)N=c2s/c(=C\c3cc(Cl)c(OCc4ccccc4C#N)c(OC)c3)c(=O)n2[C@@H]1c1ccc(Br)cc1. The van der Waals surface area contributed by atoms with E-state index in [1.54, 1.807) is 44.2 Å². The van der Waals surface area contributed by atoms with Crippen LogP contribution in [0.2, 0.25) is 5.02 Å². The molecule has 1 atom stereocenters. The van der Waals surface area contributed by atoms with Gasteiger partial charge in [-0.3, -0.25) is 9.36 Å². The Morgan fingerprint density at radius 3 is 2.65 bits per heavy atom. The van der Waals surface area contributed by atoms with Crippen molar-refractivity contribution < 1.29 is 19.0 Å². The van der Waals surface area contributed by atoms with Gasteiger partial charge in [-0.2, -0.15) is 5.26 Å². The van der Waals surface area contributed by atoms with Gasteiger partial charge < -0.3 is 14.2 Å². The lowest BCUT2D eigenvalue weighted by atomic mass is 9.96. The van der Waals surface area contributed by atoms with Crippen LogP contribution in [0.3, 0.4) is 0 Å². The molecule has 4 aromatic rings. The molecule has 43 heavy (non-hydrogen) atoms. The highest BCUT2D eigenvalue weighted by molar-refractivity contribution is 9.10. The van der Waals surface area contributed by atoms with Gasteiger partial charge in [0.2, 0.25) is 0 Å². The van der Waals surface area contributed by atoms with Gasteiger partial charge in [-0.15, -0.1) is 0 Å². The van der Waals surface area contributed by atoms with E-state index >= 15 is 0 Å². The number of nitriles is 1. The van der Waals surface area contributed by atoms with Crippen molar-refractivity contribution >= 4 is 50.9 Å². The van der Waals surface area contributed by atoms with Crippen molar-refractivity contribution in [2.45, 2.75) is 26.5 Å². The number of hydrogen-bond donors (Lipinski definition) is 0. The molecule has 1 aliphatic heterocycles. The average Bonchev–Trinajstić information content (AvgIpc) is 3.30. The maximum atomic E-state index is 13.9. The van der Waals surface area contributed by atoms with Crippen LogP contribution in [0.1, 0.15) is 42.1 Å². The van der Waals surface area contributed by atoms with Crippen LogP contribution in [0.5, 0.6) is 11.5 Å². The number of benzene rings is 3. The topological polar surface area (TPSA) is 103 Å². The number of aromatic nitrogens is 1. The second-order valence-electron chi connectivity index (χ2n) is 9.45. The monoisotopic (exact) mass is 677 g/mol. The number of esters is 1. The number of ether oxygens (including phenoxy) is 3. The van der Waals surface area contributed by atoms with Crippen LogP contribution >= 0.6 is 38.9 Å². The van der Waals surface area contributed by atoms with Crippen molar-refractivity contribution in [3.8, 4) is 17.6 Å². The standard InChI is InChI=1S/C32H25BrClN3O5S/c1-4-41-31(39)27-18(2)36-32-37(28(27)20-9-11-23(33)12-10-20)30(38)26(43-32)15-19-13-24(34)29(25(14-19)40-3)42-17-22-8-6-5-7-21(22)16-35/h5-15,28H,4,17H2,1-3H3/b26-15-/t28-/m1/s1. The summed E-state index contributed by atoms with van der Waals surface area (Å²) >= 11 is 11.3. The second-order valence-corrected chi connectivity index (χ2v) is 11.8. The molecule has 0 aliphatic carbocycles. The van der Waals surface area contributed by atoms with E-state index in [0.29, 0.717) is 48.8 Å². The molecule has 0 spiro atoms. The van der Waals surface area contributed by atoms with Gasteiger partial charge in [0.15, 0.2) is 16.3 Å². The molecule has 1 aliphatic rings. The van der Waals surface area contributed by atoms with Crippen molar-refractivity contribution in [3.05, 3.63) is 123 Å². The first-order valence-electron chi connectivity index (χ1n) is 13.2. The van der Waals surface area contributed by atoms with E-state index in [4.69, 9.17) is 25.8 Å². The molecule has 0 unspecified atom stereocenters. The van der Waals surface area contributed by atoms with E-state index < -0.39 is 12.0 Å². The van der Waals surface area contributed by atoms with Crippen LogP contribution in [-0.2, 0) is 16.1 Å². The quantitative estimate of drug-likeness (QED) is 0.223. The van der Waals surface area contributed by atoms with Crippen LogP contribution in [0.4, 0.5) is 0 Å². The number of carbonyl (C=O) groups excluding carboxylic acids is 1. The Labute approximate surface area is 264 Å². The highest BCUT2D eigenvalue weighted by Crippen LogP contribution is 2.37. The fourth-order valence-electron chi connectivity index (χ4n) is 4.77. The first kappa shape index (κ1) is 30.3. The second kappa shape index (κ2) is 13.0. The molecule has 5 rings (SSSR count). The molecule has 0 fully saturated rings. The summed E-state index contributed by atoms with van der Waals surface area (Å²) in [6, 6.07) is 19.4. The summed E-state index contributed by atoms with van der Waals surface area (Å²) < 4.78 is 19.7. The molecule has 0 saturated heterocycles. The number of allylic oxidation sites excluding steroid dienone is 1. The largest absolute Gasteiger partial charge is 0.493 e. The van der Waals surface area contributed by atoms with Crippen LogP contribution in [0.15, 0.2) is 86.2 Å². The third kappa shape index (κ3) is 6.15. The zero-order valence-corrected chi connectivity index (χ0v) is 26.5. The van der Waals surface area contributed by atoms with E-state index in [0.717, 1.165) is 10.0 Å². The zero-order chi connectivity index (χ0) is 30.7. The van der Waals surface area contributed by atoms with Gasteiger partial charge in [-0.1, -0.05) is 69.2 Å². The highest BCUT2D eigenvalue weighted by Gasteiger charge is 2.33. The van der Waals surface area contributed by atoms with Crippen molar-refractivity contribution in [2.75, 3.05) is 13.7 Å². The minimum atomic E-state index is -0.712. The summed E-state index contributed by atoms with van der Waals surface area (Å²) in [6.45, 7) is 3.79. The average molecular weight is 679 g/mol. The van der Waals surface area contributed by atoms with Gasteiger partial charge in [-0.05, 0) is 61.4 Å². The number of thiazole rings is 1. The van der Waals surface area contributed by atoms with E-state index in [1.807, 2.05) is 36.4 Å². The van der Waals surface area contributed by atoms with Crippen molar-refractivity contribution in [2.24, 2.45) is 4.99 Å². The molecule has 0 bridgehead atoms. The fourth-order valence-corrected chi connectivity index (χ4v) is 6.36. The predicted octanol–water partition coefficient (Wildman–Crippen LogP) is 5.67. The van der Waals surface area contributed by atoms with Crippen LogP contribution in [0, 0.1) is 11.3 Å². The minimum Gasteiger partial charge on any atom is -0.493 e. The van der Waals surface area contributed by atoms with Gasteiger partial charge in [0.05, 0.1) is 52.2 Å². The van der Waals surface area contributed by atoms with Crippen LogP contribution in [0.25, 0.3) is 6.08 Å². The normalized spacial score (nSPS) is 14.5. The number of nitrogens with zero attached hydrogens (tertiary/aromatic N) is 3. The Balaban J connectivity index is 1.57. The number of methoxy groups -OCH3 is 1. The maximum Gasteiger partial charge on any atom is 0.338 e. The number of carbonyl (C=O) groups is 1. The molecule has 0 N–H and O–H groups in total. The van der Waals surface area contributed by atoms with E-state index in [2.05, 4.69) is 27.0 Å². The Hall–Kier alpha value is -4.17. The van der Waals surface area contributed by atoms with Gasteiger partial charge in [-0.25, -0.2) is 9.79 Å². The van der Waals surface area contributed by atoms with Gasteiger partial charge in [0, 0.05) is 10.0 Å². The molecule has 3 aromatic carbocycles. The summed E-state index contributed by atoms with van der Waals surface area (Å²) in [4.78, 5) is 32.1. The first-order chi connectivity index (χ1) is 20.7. The Bertz CT molecular complexity index is 1980. The number of halogens is 2. The molecule has 0 amide bonds. The van der Waals surface area contributed by atoms with Crippen molar-refractivity contribution in [1.82, 2.24) is 4.57 Å². The van der Waals surface area contributed by atoms with Crippen LogP contribution < -0.4 is 24.4 Å². The summed E-state index contributed by atoms with van der Waals surface area (Å²) in [5, 5.41) is 9.66. The van der Waals surface area contributed by atoms with E-state index in [1.165, 1.54) is 23.0 Å². The molecular formula is C32H25BrClN3O5S. The minimum absolute atomic E-state index is 0.121. The summed E-state index contributed by atoms with van der Waals surface area (Å²) in [5.41, 5.74) is 3.07.